The van der Waals surface area contributed by atoms with Crippen LogP contribution in [0.15, 0.2) is 22.7 Å². The fourth-order valence-electron chi connectivity index (χ4n) is 1.16. The lowest BCUT2D eigenvalue weighted by Gasteiger charge is -2.07. The number of benzene rings is 1. The number of nitrogens with two attached hydrogens (primary N) is 1. The maximum absolute atomic E-state index is 5.39. The van der Waals surface area contributed by atoms with E-state index in [1.165, 1.54) is 11.1 Å². The Balaban J connectivity index is 2.59. The minimum atomic E-state index is 0.688. The lowest BCUT2D eigenvalue weighted by molar-refractivity contribution is 0.692. The lowest BCUT2D eigenvalue weighted by atomic mass is 10.1. The molecule has 3 N–H and O–H groups in total. The largest absolute Gasteiger partial charge is 0.329 e. The Labute approximate surface area is 87.6 Å². The zero-order valence-electron chi connectivity index (χ0n) is 7.81. The average Bonchev–Trinajstić information content (AvgIpc) is 2.11. The molecular formula is C10H15BrN2. The summed E-state index contributed by atoms with van der Waals surface area (Å²) in [5.74, 6) is 0. The molecule has 0 atom stereocenters. The van der Waals surface area contributed by atoms with Gasteiger partial charge in [-0.2, -0.15) is 0 Å². The van der Waals surface area contributed by atoms with Crippen LogP contribution < -0.4 is 11.1 Å². The summed E-state index contributed by atoms with van der Waals surface area (Å²) in [5, 5.41) is 3.27. The summed E-state index contributed by atoms with van der Waals surface area (Å²) in [7, 11) is 0. The monoisotopic (exact) mass is 242 g/mol. The third-order valence-electron chi connectivity index (χ3n) is 1.95. The highest BCUT2D eigenvalue weighted by Gasteiger charge is 1.97. The second-order valence-electron chi connectivity index (χ2n) is 3.04. The summed E-state index contributed by atoms with van der Waals surface area (Å²) >= 11 is 3.45. The molecule has 0 aliphatic carbocycles. The van der Waals surface area contributed by atoms with Crippen LogP contribution in [0.5, 0.6) is 0 Å². The molecule has 0 spiro atoms. The van der Waals surface area contributed by atoms with E-state index in [1.807, 2.05) is 0 Å². The van der Waals surface area contributed by atoms with E-state index >= 15 is 0 Å². The van der Waals surface area contributed by atoms with E-state index in [1.54, 1.807) is 0 Å². The SMILES string of the molecule is Cc1ccc(Br)cc1CNCCN. The fraction of sp³-hybridized carbons (Fsp3) is 0.400. The second-order valence-corrected chi connectivity index (χ2v) is 3.95. The number of nitrogens with one attached hydrogen (secondary N) is 1. The first-order valence-corrected chi connectivity index (χ1v) is 5.19. The highest BCUT2D eigenvalue weighted by molar-refractivity contribution is 9.10. The van der Waals surface area contributed by atoms with E-state index in [0.717, 1.165) is 17.6 Å². The number of halogens is 1. The van der Waals surface area contributed by atoms with Crippen LogP contribution in [0, 0.1) is 6.92 Å². The van der Waals surface area contributed by atoms with E-state index in [9.17, 15) is 0 Å². The van der Waals surface area contributed by atoms with Crippen molar-refractivity contribution in [1.82, 2.24) is 5.32 Å². The summed E-state index contributed by atoms with van der Waals surface area (Å²) in [4.78, 5) is 0. The summed E-state index contributed by atoms with van der Waals surface area (Å²) in [6.45, 7) is 4.56. The minimum Gasteiger partial charge on any atom is -0.329 e. The molecule has 0 radical (unpaired) electrons. The van der Waals surface area contributed by atoms with Gasteiger partial charge in [-0.05, 0) is 30.2 Å². The topological polar surface area (TPSA) is 38.0 Å². The van der Waals surface area contributed by atoms with Crippen molar-refractivity contribution in [2.24, 2.45) is 5.73 Å². The van der Waals surface area contributed by atoms with Crippen LogP contribution >= 0.6 is 15.9 Å². The van der Waals surface area contributed by atoms with Crippen molar-refractivity contribution in [3.8, 4) is 0 Å². The van der Waals surface area contributed by atoms with Crippen molar-refractivity contribution in [3.05, 3.63) is 33.8 Å². The molecule has 0 bridgehead atoms. The molecule has 13 heavy (non-hydrogen) atoms. The van der Waals surface area contributed by atoms with Crippen molar-refractivity contribution in [1.29, 1.82) is 0 Å². The summed E-state index contributed by atoms with van der Waals surface area (Å²) in [5.41, 5.74) is 8.02. The predicted molar refractivity (Wildman–Crippen MR) is 59.6 cm³/mol. The van der Waals surface area contributed by atoms with E-state index < -0.39 is 0 Å². The summed E-state index contributed by atoms with van der Waals surface area (Å²) in [6.07, 6.45) is 0. The van der Waals surface area contributed by atoms with Crippen molar-refractivity contribution >= 4 is 15.9 Å². The van der Waals surface area contributed by atoms with Gasteiger partial charge in [0.25, 0.3) is 0 Å². The number of hydrogen-bond acceptors (Lipinski definition) is 2. The molecule has 0 unspecified atom stereocenters. The molecule has 0 saturated heterocycles. The molecule has 2 nitrogen and oxygen atoms in total. The Morgan fingerprint density at radius 1 is 1.46 bits per heavy atom. The molecule has 0 heterocycles. The molecule has 72 valence electrons. The maximum atomic E-state index is 5.39. The van der Waals surface area contributed by atoms with Crippen molar-refractivity contribution in [2.75, 3.05) is 13.1 Å². The molecule has 0 aliphatic rings. The molecule has 0 fully saturated rings. The highest BCUT2D eigenvalue weighted by Crippen LogP contribution is 2.15. The Hall–Kier alpha value is -0.380. The smallest absolute Gasteiger partial charge is 0.0209 e. The van der Waals surface area contributed by atoms with Crippen LogP contribution in [0.2, 0.25) is 0 Å². The summed E-state index contributed by atoms with van der Waals surface area (Å²) in [6, 6.07) is 6.31. The van der Waals surface area contributed by atoms with Gasteiger partial charge < -0.3 is 11.1 Å². The average molecular weight is 243 g/mol. The first kappa shape index (κ1) is 10.7. The van der Waals surface area contributed by atoms with Gasteiger partial charge in [-0.1, -0.05) is 22.0 Å². The summed E-state index contributed by atoms with van der Waals surface area (Å²) < 4.78 is 1.13. The van der Waals surface area contributed by atoms with Crippen LogP contribution in [0.3, 0.4) is 0 Å². The first-order chi connectivity index (χ1) is 6.24. The number of hydrogen-bond donors (Lipinski definition) is 2. The third-order valence-corrected chi connectivity index (χ3v) is 2.44. The van der Waals surface area contributed by atoms with Crippen molar-refractivity contribution in [2.45, 2.75) is 13.5 Å². The van der Waals surface area contributed by atoms with E-state index in [0.29, 0.717) is 6.54 Å². The molecule has 0 aromatic heterocycles. The van der Waals surface area contributed by atoms with Gasteiger partial charge in [-0.15, -0.1) is 0 Å². The molecule has 0 saturated carbocycles. The second kappa shape index (κ2) is 5.37. The van der Waals surface area contributed by atoms with E-state index in [-0.39, 0.29) is 0 Å². The molecular weight excluding hydrogens is 228 g/mol. The zero-order valence-corrected chi connectivity index (χ0v) is 9.39. The Bertz CT molecular complexity index is 274. The molecule has 0 aliphatic heterocycles. The lowest BCUT2D eigenvalue weighted by Crippen LogP contribution is -2.22. The van der Waals surface area contributed by atoms with E-state index in [4.69, 9.17) is 5.73 Å². The third kappa shape index (κ3) is 3.46. The Morgan fingerprint density at radius 2 is 2.23 bits per heavy atom. The molecule has 1 aromatic carbocycles. The predicted octanol–water partition coefficient (Wildman–Crippen LogP) is 1.81. The van der Waals surface area contributed by atoms with Gasteiger partial charge in [0.15, 0.2) is 0 Å². The standard InChI is InChI=1S/C10H15BrN2/c1-8-2-3-10(11)6-9(8)7-13-5-4-12/h2-3,6,13H,4-5,7,12H2,1H3. The van der Waals surface area contributed by atoms with Crippen molar-refractivity contribution in [3.63, 3.8) is 0 Å². The van der Waals surface area contributed by atoms with Crippen LogP contribution in [-0.4, -0.2) is 13.1 Å². The first-order valence-electron chi connectivity index (χ1n) is 4.40. The number of rotatable bonds is 4. The van der Waals surface area contributed by atoms with Gasteiger partial charge >= 0.3 is 0 Å². The van der Waals surface area contributed by atoms with Gasteiger partial charge in [0.05, 0.1) is 0 Å². The molecule has 0 amide bonds. The molecule has 3 heteroatoms. The Morgan fingerprint density at radius 3 is 2.92 bits per heavy atom. The van der Waals surface area contributed by atoms with E-state index in [2.05, 4.69) is 46.4 Å². The molecule has 1 aromatic rings. The van der Waals surface area contributed by atoms with Gasteiger partial charge in [0.1, 0.15) is 0 Å². The Kier molecular flexibility index (Phi) is 4.42. The van der Waals surface area contributed by atoms with Crippen LogP contribution in [0.1, 0.15) is 11.1 Å². The van der Waals surface area contributed by atoms with Crippen LogP contribution in [0.25, 0.3) is 0 Å². The highest BCUT2D eigenvalue weighted by atomic mass is 79.9. The van der Waals surface area contributed by atoms with Crippen LogP contribution in [-0.2, 0) is 6.54 Å². The fourth-order valence-corrected chi connectivity index (χ4v) is 1.56. The van der Waals surface area contributed by atoms with Gasteiger partial charge in [-0.25, -0.2) is 0 Å². The van der Waals surface area contributed by atoms with Gasteiger partial charge in [0, 0.05) is 24.1 Å². The zero-order chi connectivity index (χ0) is 9.68. The quantitative estimate of drug-likeness (QED) is 0.791. The number of aryl methyl sites for hydroxylation is 1. The van der Waals surface area contributed by atoms with Gasteiger partial charge in [-0.3, -0.25) is 0 Å². The van der Waals surface area contributed by atoms with Crippen molar-refractivity contribution < 1.29 is 0 Å². The molecule has 1 rings (SSSR count). The van der Waals surface area contributed by atoms with Crippen LogP contribution in [0.4, 0.5) is 0 Å². The maximum Gasteiger partial charge on any atom is 0.0209 e. The normalized spacial score (nSPS) is 10.4. The van der Waals surface area contributed by atoms with Gasteiger partial charge in [0.2, 0.25) is 0 Å². The minimum absolute atomic E-state index is 0.688.